The lowest BCUT2D eigenvalue weighted by Crippen LogP contribution is -2.26. The van der Waals surface area contributed by atoms with Crippen molar-refractivity contribution in [1.82, 2.24) is 0 Å². The van der Waals surface area contributed by atoms with Crippen LogP contribution in [-0.2, 0) is 0 Å². The summed E-state index contributed by atoms with van der Waals surface area (Å²) in [7, 11) is 0. The first-order valence-corrected chi connectivity index (χ1v) is 5.76. The minimum absolute atomic E-state index is 0.334. The first kappa shape index (κ1) is 13.2. The highest BCUT2D eigenvalue weighted by Crippen LogP contribution is 2.38. The van der Waals surface area contributed by atoms with E-state index in [1.807, 2.05) is 0 Å². The molecular weight excluding hydrogens is 238 g/mol. The van der Waals surface area contributed by atoms with Gasteiger partial charge in [0.1, 0.15) is 4.33 Å². The van der Waals surface area contributed by atoms with Gasteiger partial charge >= 0.3 is 0 Å². The standard InChI is InChI=1S/C8H13Cl4/c1-2-3-4-8(11,12)7(5-9)6-10/h2-6H2,1H3. The van der Waals surface area contributed by atoms with E-state index in [-0.39, 0.29) is 0 Å². The number of rotatable bonds is 6. The predicted octanol–water partition coefficient (Wildman–Crippen LogP) is 4.40. The van der Waals surface area contributed by atoms with E-state index in [1.165, 1.54) is 0 Å². The molecule has 0 aliphatic heterocycles. The number of hydrogen-bond acceptors (Lipinski definition) is 0. The lowest BCUT2D eigenvalue weighted by molar-refractivity contribution is 0.647. The Hall–Kier alpha value is 1.16. The molecule has 4 heteroatoms. The third kappa shape index (κ3) is 4.41. The highest BCUT2D eigenvalue weighted by Gasteiger charge is 2.33. The molecule has 0 aromatic heterocycles. The minimum Gasteiger partial charge on any atom is -0.126 e. The largest absolute Gasteiger partial charge is 0.126 e. The molecule has 0 fully saturated rings. The summed E-state index contributed by atoms with van der Waals surface area (Å²) in [6.45, 7) is 2.09. The first-order valence-electron chi connectivity index (χ1n) is 3.93. The summed E-state index contributed by atoms with van der Waals surface area (Å²) in [5, 5.41) is 0. The maximum absolute atomic E-state index is 6.04. The molecule has 0 rings (SSSR count). The van der Waals surface area contributed by atoms with Gasteiger partial charge in [-0.05, 0) is 6.42 Å². The number of alkyl halides is 4. The van der Waals surface area contributed by atoms with Crippen LogP contribution in [0.2, 0.25) is 0 Å². The average Bonchev–Trinajstić information content (AvgIpc) is 2.03. The first-order chi connectivity index (χ1) is 5.58. The van der Waals surface area contributed by atoms with E-state index in [4.69, 9.17) is 46.4 Å². The van der Waals surface area contributed by atoms with Gasteiger partial charge in [0.2, 0.25) is 0 Å². The van der Waals surface area contributed by atoms with Crippen molar-refractivity contribution in [3.05, 3.63) is 5.92 Å². The molecule has 0 unspecified atom stereocenters. The van der Waals surface area contributed by atoms with Gasteiger partial charge in [0.05, 0.1) is 0 Å². The topological polar surface area (TPSA) is 0 Å². The van der Waals surface area contributed by atoms with Gasteiger partial charge in [0, 0.05) is 17.7 Å². The maximum atomic E-state index is 6.04. The zero-order chi connectivity index (χ0) is 9.61. The van der Waals surface area contributed by atoms with E-state index in [1.54, 1.807) is 0 Å². The normalized spacial score (nSPS) is 12.5. The number of halogens is 4. The van der Waals surface area contributed by atoms with Crippen molar-refractivity contribution in [2.24, 2.45) is 0 Å². The highest BCUT2D eigenvalue weighted by atomic mass is 35.5. The molecular formula is C8H13Cl4. The molecule has 0 aliphatic rings. The van der Waals surface area contributed by atoms with Crippen LogP contribution >= 0.6 is 46.4 Å². The lowest BCUT2D eigenvalue weighted by Gasteiger charge is -2.25. The van der Waals surface area contributed by atoms with Crippen molar-refractivity contribution in [2.45, 2.75) is 30.5 Å². The predicted molar refractivity (Wildman–Crippen MR) is 58.6 cm³/mol. The Morgan fingerprint density at radius 1 is 1.17 bits per heavy atom. The fourth-order valence-electron chi connectivity index (χ4n) is 0.807. The van der Waals surface area contributed by atoms with E-state index in [2.05, 4.69) is 6.92 Å². The molecule has 0 saturated heterocycles. The molecule has 0 aromatic carbocycles. The van der Waals surface area contributed by atoms with Gasteiger partial charge in [0.15, 0.2) is 0 Å². The fraction of sp³-hybridized carbons (Fsp3) is 0.875. The molecule has 0 aliphatic carbocycles. The van der Waals surface area contributed by atoms with Crippen LogP contribution in [0.25, 0.3) is 0 Å². The molecule has 0 nitrogen and oxygen atoms in total. The van der Waals surface area contributed by atoms with Crippen LogP contribution in [0.1, 0.15) is 26.2 Å². The van der Waals surface area contributed by atoms with Crippen LogP contribution in [0.5, 0.6) is 0 Å². The van der Waals surface area contributed by atoms with Gasteiger partial charge in [-0.2, -0.15) is 0 Å². The van der Waals surface area contributed by atoms with E-state index in [9.17, 15) is 0 Å². The summed E-state index contributed by atoms with van der Waals surface area (Å²) in [6, 6.07) is 0. The second-order valence-corrected chi connectivity index (χ2v) is 4.70. The Balaban J connectivity index is 3.96. The Labute approximate surface area is 94.5 Å². The lowest BCUT2D eigenvalue weighted by atomic mass is 10.0. The molecule has 12 heavy (non-hydrogen) atoms. The Morgan fingerprint density at radius 3 is 2.00 bits per heavy atom. The van der Waals surface area contributed by atoms with Crippen molar-refractivity contribution >= 4 is 46.4 Å². The van der Waals surface area contributed by atoms with Crippen molar-refractivity contribution < 1.29 is 0 Å². The zero-order valence-corrected chi connectivity index (χ0v) is 10.1. The summed E-state index contributed by atoms with van der Waals surface area (Å²) in [4.78, 5) is 0. The molecule has 0 saturated carbocycles. The van der Waals surface area contributed by atoms with Gasteiger partial charge in [0.25, 0.3) is 0 Å². The van der Waals surface area contributed by atoms with Crippen molar-refractivity contribution in [1.29, 1.82) is 0 Å². The Bertz CT molecular complexity index is 110. The summed E-state index contributed by atoms with van der Waals surface area (Å²) in [5.41, 5.74) is 0. The van der Waals surface area contributed by atoms with E-state index < -0.39 is 4.33 Å². The van der Waals surface area contributed by atoms with Gasteiger partial charge in [-0.1, -0.05) is 19.8 Å². The third-order valence-corrected chi connectivity index (χ3v) is 3.24. The van der Waals surface area contributed by atoms with E-state index in [0.29, 0.717) is 11.8 Å². The second kappa shape index (κ2) is 6.59. The summed E-state index contributed by atoms with van der Waals surface area (Å²) in [6.07, 6.45) is 2.78. The van der Waals surface area contributed by atoms with Crippen LogP contribution in [0, 0.1) is 5.92 Å². The van der Waals surface area contributed by atoms with Crippen molar-refractivity contribution in [3.63, 3.8) is 0 Å². The molecule has 0 spiro atoms. The molecule has 73 valence electrons. The molecule has 0 atom stereocenters. The monoisotopic (exact) mass is 249 g/mol. The average molecular weight is 251 g/mol. The SMILES string of the molecule is CCCCC(Cl)(Cl)[C](CCl)CCl. The van der Waals surface area contributed by atoms with Crippen LogP contribution in [0.4, 0.5) is 0 Å². The van der Waals surface area contributed by atoms with Gasteiger partial charge in [-0.3, -0.25) is 0 Å². The molecule has 0 N–H and O–H groups in total. The quantitative estimate of drug-likeness (QED) is 0.613. The Kier molecular flexibility index (Phi) is 7.23. The molecule has 0 bridgehead atoms. The summed E-state index contributed by atoms with van der Waals surface area (Å²) in [5.74, 6) is 1.46. The zero-order valence-electron chi connectivity index (χ0n) is 7.05. The van der Waals surface area contributed by atoms with Crippen molar-refractivity contribution in [2.75, 3.05) is 11.8 Å². The van der Waals surface area contributed by atoms with Crippen molar-refractivity contribution in [3.8, 4) is 0 Å². The molecule has 0 aromatic rings. The van der Waals surface area contributed by atoms with Crippen LogP contribution in [0.15, 0.2) is 0 Å². The van der Waals surface area contributed by atoms with Crippen LogP contribution in [-0.4, -0.2) is 16.1 Å². The van der Waals surface area contributed by atoms with E-state index >= 15 is 0 Å². The highest BCUT2D eigenvalue weighted by molar-refractivity contribution is 6.51. The smallest absolute Gasteiger partial charge is 0.126 e. The van der Waals surface area contributed by atoms with Gasteiger partial charge < -0.3 is 0 Å². The Morgan fingerprint density at radius 2 is 1.67 bits per heavy atom. The van der Waals surface area contributed by atoms with Crippen LogP contribution < -0.4 is 0 Å². The molecule has 0 heterocycles. The van der Waals surface area contributed by atoms with Gasteiger partial charge in [-0.15, -0.1) is 46.4 Å². The van der Waals surface area contributed by atoms with Gasteiger partial charge in [-0.25, -0.2) is 0 Å². The molecule has 1 radical (unpaired) electrons. The minimum atomic E-state index is -0.834. The van der Waals surface area contributed by atoms with Crippen LogP contribution in [0.3, 0.4) is 0 Å². The third-order valence-electron chi connectivity index (χ3n) is 1.68. The second-order valence-electron chi connectivity index (χ2n) is 2.68. The maximum Gasteiger partial charge on any atom is 0.126 e. The fourth-order valence-corrected chi connectivity index (χ4v) is 2.36. The number of hydrogen-bond donors (Lipinski definition) is 0. The summed E-state index contributed by atoms with van der Waals surface area (Å²) >= 11 is 23.4. The number of unbranched alkanes of at least 4 members (excludes halogenated alkanes) is 1. The molecule has 0 amide bonds. The van der Waals surface area contributed by atoms with E-state index in [0.717, 1.165) is 25.2 Å². The summed E-state index contributed by atoms with van der Waals surface area (Å²) < 4.78 is -0.834.